The normalized spacial score (nSPS) is 24.7. The molecule has 1 heterocycles. The van der Waals surface area contributed by atoms with Gasteiger partial charge in [0.05, 0.1) is 6.61 Å². The fraction of sp³-hybridized carbons (Fsp3) is 0.450. The minimum atomic E-state index is -1.20. The number of Topliss-reactive ketones (excluding diaryl/α,β-unsaturated/α-hetero) is 1. The van der Waals surface area contributed by atoms with Crippen molar-refractivity contribution in [2.45, 2.75) is 39.5 Å². The van der Waals surface area contributed by atoms with Crippen LogP contribution in [-0.4, -0.2) is 29.4 Å². The smallest absolute Gasteiger partial charge is 0.319 e. The van der Waals surface area contributed by atoms with E-state index in [4.69, 9.17) is 4.74 Å². The number of rotatable bonds is 3. The Kier molecular flexibility index (Phi) is 4.61. The summed E-state index contributed by atoms with van der Waals surface area (Å²) in [6.45, 7) is 5.72. The van der Waals surface area contributed by atoms with Crippen molar-refractivity contribution in [2.75, 3.05) is 6.61 Å². The highest BCUT2D eigenvalue weighted by Gasteiger charge is 2.49. The first-order valence-corrected chi connectivity index (χ1v) is 8.77. The van der Waals surface area contributed by atoms with Crippen molar-refractivity contribution in [3.05, 3.63) is 41.1 Å². The van der Waals surface area contributed by atoms with Gasteiger partial charge in [-0.3, -0.25) is 14.4 Å². The van der Waals surface area contributed by atoms with Crippen LogP contribution in [0.1, 0.15) is 45.1 Å². The van der Waals surface area contributed by atoms with E-state index < -0.39 is 23.7 Å². The Hall–Kier alpha value is -2.63. The summed E-state index contributed by atoms with van der Waals surface area (Å²) >= 11 is 0. The lowest BCUT2D eigenvalue weighted by atomic mass is 9.67. The number of benzene rings is 1. The zero-order valence-corrected chi connectivity index (χ0v) is 15.2. The van der Waals surface area contributed by atoms with Crippen LogP contribution in [-0.2, 0) is 19.1 Å². The third-order valence-corrected chi connectivity index (χ3v) is 4.93. The first-order valence-electron chi connectivity index (χ1n) is 8.77. The van der Waals surface area contributed by atoms with Crippen LogP contribution in [0.5, 0.6) is 5.75 Å². The maximum Gasteiger partial charge on any atom is 0.319 e. The van der Waals surface area contributed by atoms with Crippen LogP contribution in [0, 0.1) is 11.3 Å². The molecule has 138 valence electrons. The molecule has 1 aliphatic carbocycles. The average molecular weight is 357 g/mol. The zero-order chi connectivity index (χ0) is 19.1. The largest absolute Gasteiger partial charge is 0.508 e. The summed E-state index contributed by atoms with van der Waals surface area (Å²) in [7, 11) is 0. The number of nitrogens with one attached hydrogen (secondary N) is 1. The minimum absolute atomic E-state index is 0.0500. The molecule has 6 heteroatoms. The quantitative estimate of drug-likeness (QED) is 0.640. The second-order valence-corrected chi connectivity index (χ2v) is 7.59. The molecular weight excluding hydrogens is 334 g/mol. The van der Waals surface area contributed by atoms with Gasteiger partial charge in [0.25, 0.3) is 0 Å². The van der Waals surface area contributed by atoms with Crippen LogP contribution in [0.15, 0.2) is 35.5 Å². The lowest BCUT2D eigenvalue weighted by Gasteiger charge is -2.40. The summed E-state index contributed by atoms with van der Waals surface area (Å²) in [4.78, 5) is 38.2. The van der Waals surface area contributed by atoms with Gasteiger partial charge < -0.3 is 15.2 Å². The SMILES string of the molecule is CCOC(=O)C1C(=O)NC2=C(C(=O)CC(C)(C)C2)C1c1ccccc1O. The third kappa shape index (κ3) is 3.11. The van der Waals surface area contributed by atoms with Gasteiger partial charge in [-0.05, 0) is 24.8 Å². The molecule has 1 aliphatic heterocycles. The fourth-order valence-corrected chi connectivity index (χ4v) is 3.91. The molecule has 6 nitrogen and oxygen atoms in total. The molecule has 1 aromatic rings. The van der Waals surface area contributed by atoms with Gasteiger partial charge in [0.2, 0.25) is 5.91 Å². The van der Waals surface area contributed by atoms with Gasteiger partial charge in [0, 0.05) is 29.2 Å². The van der Waals surface area contributed by atoms with Crippen LogP contribution in [0.25, 0.3) is 0 Å². The standard InChI is InChI=1S/C20H23NO5/c1-4-26-19(25)17-15(11-7-5-6-8-13(11)22)16-12(21-18(17)24)9-20(2,3)10-14(16)23/h5-8,15,17,22H,4,9-10H2,1-3H3,(H,21,24). The van der Waals surface area contributed by atoms with Gasteiger partial charge in [0.1, 0.15) is 11.7 Å². The number of amides is 1. The van der Waals surface area contributed by atoms with Crippen LogP contribution in [0.3, 0.4) is 0 Å². The first-order chi connectivity index (χ1) is 12.2. The summed E-state index contributed by atoms with van der Waals surface area (Å²) in [6.07, 6.45) is 0.848. The van der Waals surface area contributed by atoms with E-state index in [1.807, 2.05) is 13.8 Å². The molecule has 0 bridgehead atoms. The Morgan fingerprint density at radius 3 is 2.62 bits per heavy atom. The highest BCUT2D eigenvalue weighted by Crippen LogP contribution is 2.47. The molecule has 26 heavy (non-hydrogen) atoms. The van der Waals surface area contributed by atoms with Crippen molar-refractivity contribution in [3.8, 4) is 5.75 Å². The summed E-state index contributed by atoms with van der Waals surface area (Å²) in [5.41, 5.74) is 1.07. The van der Waals surface area contributed by atoms with Gasteiger partial charge >= 0.3 is 5.97 Å². The number of hydrogen-bond acceptors (Lipinski definition) is 5. The minimum Gasteiger partial charge on any atom is -0.508 e. The van der Waals surface area contributed by atoms with Gasteiger partial charge in [-0.2, -0.15) is 0 Å². The molecule has 2 atom stereocenters. The molecule has 0 radical (unpaired) electrons. The lowest BCUT2D eigenvalue weighted by Crippen LogP contribution is -2.49. The number of para-hydroxylation sites is 1. The molecule has 1 amide bonds. The highest BCUT2D eigenvalue weighted by molar-refractivity contribution is 6.08. The third-order valence-electron chi connectivity index (χ3n) is 4.93. The number of allylic oxidation sites excluding steroid dienone is 2. The van der Waals surface area contributed by atoms with E-state index in [1.165, 1.54) is 6.07 Å². The predicted molar refractivity (Wildman–Crippen MR) is 94.2 cm³/mol. The Bertz CT molecular complexity index is 808. The summed E-state index contributed by atoms with van der Waals surface area (Å²) < 4.78 is 5.08. The fourth-order valence-electron chi connectivity index (χ4n) is 3.91. The van der Waals surface area contributed by atoms with Gasteiger partial charge in [-0.25, -0.2) is 0 Å². The number of esters is 1. The van der Waals surface area contributed by atoms with Crippen molar-refractivity contribution < 1.29 is 24.2 Å². The maximum atomic E-state index is 12.9. The second kappa shape index (κ2) is 6.59. The molecule has 2 unspecified atom stereocenters. The number of carbonyl (C=O) groups is 3. The van der Waals surface area contributed by atoms with Crippen molar-refractivity contribution in [1.29, 1.82) is 0 Å². The highest BCUT2D eigenvalue weighted by atomic mass is 16.5. The molecule has 0 saturated heterocycles. The van der Waals surface area contributed by atoms with Crippen LogP contribution >= 0.6 is 0 Å². The summed E-state index contributed by atoms with van der Waals surface area (Å²) in [6, 6.07) is 6.49. The monoisotopic (exact) mass is 357 g/mol. The van der Waals surface area contributed by atoms with Crippen molar-refractivity contribution in [1.82, 2.24) is 5.32 Å². The Balaban J connectivity index is 2.19. The van der Waals surface area contributed by atoms with Crippen LogP contribution in [0.2, 0.25) is 0 Å². The second-order valence-electron chi connectivity index (χ2n) is 7.59. The van der Waals surface area contributed by atoms with E-state index in [1.54, 1.807) is 25.1 Å². The van der Waals surface area contributed by atoms with E-state index in [-0.39, 0.29) is 23.6 Å². The molecular formula is C20H23NO5. The number of carbonyl (C=O) groups excluding carboxylic acids is 3. The van der Waals surface area contributed by atoms with E-state index in [9.17, 15) is 19.5 Å². The molecule has 3 rings (SSSR count). The molecule has 1 aromatic carbocycles. The first kappa shape index (κ1) is 18.2. The Morgan fingerprint density at radius 1 is 1.27 bits per heavy atom. The average Bonchev–Trinajstić information content (AvgIpc) is 2.53. The van der Waals surface area contributed by atoms with Gasteiger partial charge in [0.15, 0.2) is 5.78 Å². The van der Waals surface area contributed by atoms with E-state index in [2.05, 4.69) is 5.32 Å². The number of phenolic OH excluding ortho intramolecular Hbond substituents is 1. The molecule has 0 fully saturated rings. The molecule has 2 N–H and O–H groups in total. The van der Waals surface area contributed by atoms with E-state index in [0.717, 1.165) is 0 Å². The lowest BCUT2D eigenvalue weighted by molar-refractivity contribution is -0.153. The van der Waals surface area contributed by atoms with Crippen molar-refractivity contribution in [2.24, 2.45) is 11.3 Å². The molecule has 0 aromatic heterocycles. The molecule has 0 saturated carbocycles. The van der Waals surface area contributed by atoms with Crippen molar-refractivity contribution >= 4 is 17.7 Å². The predicted octanol–water partition coefficient (Wildman–Crippen LogP) is 2.43. The molecule has 0 spiro atoms. The number of phenols is 1. The topological polar surface area (TPSA) is 92.7 Å². The van der Waals surface area contributed by atoms with Crippen molar-refractivity contribution in [3.63, 3.8) is 0 Å². The number of aromatic hydroxyl groups is 1. The van der Waals surface area contributed by atoms with Crippen LogP contribution < -0.4 is 5.32 Å². The van der Waals surface area contributed by atoms with Crippen LogP contribution in [0.4, 0.5) is 0 Å². The van der Waals surface area contributed by atoms with E-state index in [0.29, 0.717) is 29.7 Å². The van der Waals surface area contributed by atoms with E-state index >= 15 is 0 Å². The zero-order valence-electron chi connectivity index (χ0n) is 15.2. The maximum absolute atomic E-state index is 12.9. The summed E-state index contributed by atoms with van der Waals surface area (Å²) in [5.74, 6) is -3.40. The van der Waals surface area contributed by atoms with Gasteiger partial charge in [-0.1, -0.05) is 32.0 Å². The Labute approximate surface area is 152 Å². The number of ketones is 1. The summed E-state index contributed by atoms with van der Waals surface area (Å²) in [5, 5.41) is 13.1. The number of hydrogen-bond donors (Lipinski definition) is 2. The van der Waals surface area contributed by atoms with Gasteiger partial charge in [-0.15, -0.1) is 0 Å². The molecule has 2 aliphatic rings. The Morgan fingerprint density at radius 2 is 1.96 bits per heavy atom. The number of ether oxygens (including phenoxy) is 1.